The molecule has 1 amide bonds. The summed E-state index contributed by atoms with van der Waals surface area (Å²) in [6.07, 6.45) is 0. The Hall–Kier alpha value is -2.40. The predicted molar refractivity (Wildman–Crippen MR) is 85.9 cm³/mol. The van der Waals surface area contributed by atoms with Gasteiger partial charge in [0.2, 0.25) is 5.91 Å². The number of thiazole rings is 1. The first-order chi connectivity index (χ1) is 10.1. The van der Waals surface area contributed by atoms with Crippen molar-refractivity contribution in [3.63, 3.8) is 0 Å². The van der Waals surface area contributed by atoms with Gasteiger partial charge >= 0.3 is 4.87 Å². The second-order valence-corrected chi connectivity index (χ2v) is 5.83. The fraction of sp³-hybridized carbons (Fsp3) is 0.125. The number of fused-ring (bicyclic) bond motifs is 1. The average molecular weight is 298 g/mol. The summed E-state index contributed by atoms with van der Waals surface area (Å²) < 4.78 is 2.40. The fourth-order valence-corrected chi connectivity index (χ4v) is 3.12. The van der Waals surface area contributed by atoms with Crippen LogP contribution in [-0.4, -0.2) is 10.5 Å². The zero-order valence-corrected chi connectivity index (χ0v) is 12.3. The van der Waals surface area contributed by atoms with Crippen LogP contribution in [0.2, 0.25) is 0 Å². The van der Waals surface area contributed by atoms with Crippen molar-refractivity contribution in [2.45, 2.75) is 13.5 Å². The van der Waals surface area contributed by atoms with Crippen molar-refractivity contribution < 1.29 is 4.79 Å². The summed E-state index contributed by atoms with van der Waals surface area (Å²) in [5.41, 5.74) is 2.62. The SMILES string of the molecule is Cc1cccc(NC(=O)Cn2c(=O)sc3ccccc32)c1. The van der Waals surface area contributed by atoms with Gasteiger partial charge in [-0.1, -0.05) is 35.6 Å². The molecule has 4 nitrogen and oxygen atoms in total. The number of hydrogen-bond acceptors (Lipinski definition) is 3. The summed E-state index contributed by atoms with van der Waals surface area (Å²) in [5, 5.41) is 2.82. The van der Waals surface area contributed by atoms with E-state index in [9.17, 15) is 9.59 Å². The van der Waals surface area contributed by atoms with Gasteiger partial charge < -0.3 is 5.32 Å². The quantitative estimate of drug-likeness (QED) is 0.808. The number of rotatable bonds is 3. The summed E-state index contributed by atoms with van der Waals surface area (Å²) >= 11 is 1.16. The molecule has 3 rings (SSSR count). The summed E-state index contributed by atoms with van der Waals surface area (Å²) in [6, 6.07) is 15.1. The number of para-hydroxylation sites is 1. The lowest BCUT2D eigenvalue weighted by Gasteiger charge is -2.07. The number of amides is 1. The van der Waals surface area contributed by atoms with Crippen LogP contribution in [-0.2, 0) is 11.3 Å². The van der Waals surface area contributed by atoms with Crippen LogP contribution in [0.3, 0.4) is 0 Å². The first-order valence-corrected chi connectivity index (χ1v) is 7.40. The van der Waals surface area contributed by atoms with Gasteiger partial charge in [-0.2, -0.15) is 0 Å². The van der Waals surface area contributed by atoms with Crippen LogP contribution < -0.4 is 10.2 Å². The Morgan fingerprint density at radius 2 is 2.00 bits per heavy atom. The number of hydrogen-bond donors (Lipinski definition) is 1. The van der Waals surface area contributed by atoms with Crippen molar-refractivity contribution in [3.8, 4) is 0 Å². The van der Waals surface area contributed by atoms with Crippen LogP contribution >= 0.6 is 11.3 Å². The van der Waals surface area contributed by atoms with E-state index in [-0.39, 0.29) is 17.3 Å². The first kappa shape index (κ1) is 13.6. The molecule has 5 heteroatoms. The molecule has 0 aliphatic carbocycles. The van der Waals surface area contributed by atoms with Gasteiger partial charge in [-0.15, -0.1) is 0 Å². The summed E-state index contributed by atoms with van der Waals surface area (Å²) in [5.74, 6) is -0.203. The molecule has 3 aromatic rings. The minimum Gasteiger partial charge on any atom is -0.325 e. The number of nitrogens with one attached hydrogen (secondary N) is 1. The molecular formula is C16H14N2O2S. The van der Waals surface area contributed by atoms with Crippen molar-refractivity contribution in [2.24, 2.45) is 0 Å². The number of anilines is 1. The smallest absolute Gasteiger partial charge is 0.308 e. The Balaban J connectivity index is 1.84. The van der Waals surface area contributed by atoms with Crippen molar-refractivity contribution >= 4 is 33.1 Å². The second-order valence-electron chi connectivity index (χ2n) is 4.84. The van der Waals surface area contributed by atoms with E-state index in [1.54, 1.807) is 0 Å². The number of benzene rings is 2. The van der Waals surface area contributed by atoms with Crippen LogP contribution in [0.25, 0.3) is 10.2 Å². The van der Waals surface area contributed by atoms with Crippen LogP contribution in [0.4, 0.5) is 5.69 Å². The molecule has 1 N–H and O–H groups in total. The maximum atomic E-state index is 12.1. The minimum atomic E-state index is -0.203. The molecule has 0 fully saturated rings. The highest BCUT2D eigenvalue weighted by molar-refractivity contribution is 7.16. The number of carbonyl (C=O) groups is 1. The molecule has 21 heavy (non-hydrogen) atoms. The van der Waals surface area contributed by atoms with Gasteiger partial charge in [0, 0.05) is 5.69 Å². The molecular weight excluding hydrogens is 284 g/mol. The van der Waals surface area contributed by atoms with E-state index in [2.05, 4.69) is 5.32 Å². The average Bonchev–Trinajstić information content (AvgIpc) is 2.75. The Morgan fingerprint density at radius 1 is 1.19 bits per heavy atom. The fourth-order valence-electron chi connectivity index (χ4n) is 2.23. The van der Waals surface area contributed by atoms with Gasteiger partial charge in [-0.3, -0.25) is 14.2 Å². The maximum absolute atomic E-state index is 12.1. The van der Waals surface area contributed by atoms with E-state index >= 15 is 0 Å². The van der Waals surface area contributed by atoms with E-state index < -0.39 is 0 Å². The molecule has 1 aromatic heterocycles. The minimum absolute atomic E-state index is 0.0246. The van der Waals surface area contributed by atoms with Gasteiger partial charge in [-0.05, 0) is 36.8 Å². The molecule has 0 radical (unpaired) electrons. The molecule has 0 atom stereocenters. The number of carbonyl (C=O) groups excluding carboxylic acids is 1. The highest BCUT2D eigenvalue weighted by atomic mass is 32.1. The topological polar surface area (TPSA) is 51.1 Å². The molecule has 0 aliphatic heterocycles. The normalized spacial score (nSPS) is 10.7. The Kier molecular flexibility index (Phi) is 3.58. The number of aryl methyl sites for hydroxylation is 1. The third-order valence-electron chi connectivity index (χ3n) is 3.18. The monoisotopic (exact) mass is 298 g/mol. The summed E-state index contributed by atoms with van der Waals surface area (Å²) in [7, 11) is 0. The van der Waals surface area contributed by atoms with Crippen LogP contribution in [0.15, 0.2) is 53.3 Å². The molecule has 0 aliphatic rings. The maximum Gasteiger partial charge on any atom is 0.308 e. The molecule has 0 bridgehead atoms. The lowest BCUT2D eigenvalue weighted by atomic mass is 10.2. The lowest BCUT2D eigenvalue weighted by Crippen LogP contribution is -2.24. The van der Waals surface area contributed by atoms with Gasteiger partial charge in [0.1, 0.15) is 6.54 Å². The van der Waals surface area contributed by atoms with E-state index in [4.69, 9.17) is 0 Å². The zero-order chi connectivity index (χ0) is 14.8. The number of nitrogens with zero attached hydrogens (tertiary/aromatic N) is 1. The highest BCUT2D eigenvalue weighted by Crippen LogP contribution is 2.16. The van der Waals surface area contributed by atoms with Gasteiger partial charge in [0.25, 0.3) is 0 Å². The third kappa shape index (κ3) is 2.87. The van der Waals surface area contributed by atoms with Crippen LogP contribution in [0, 0.1) is 6.92 Å². The Labute approximate surface area is 125 Å². The molecule has 106 valence electrons. The standard InChI is InChI=1S/C16H14N2O2S/c1-11-5-4-6-12(9-11)17-15(19)10-18-13-7-2-3-8-14(13)21-16(18)20/h2-9H,10H2,1H3,(H,17,19). The summed E-state index contributed by atoms with van der Waals surface area (Å²) in [4.78, 5) is 24.0. The van der Waals surface area contributed by atoms with Gasteiger partial charge in [-0.25, -0.2) is 0 Å². The molecule has 0 saturated carbocycles. The number of aromatic nitrogens is 1. The molecule has 0 spiro atoms. The lowest BCUT2D eigenvalue weighted by molar-refractivity contribution is -0.116. The Bertz CT molecular complexity index is 864. The molecule has 1 heterocycles. The zero-order valence-electron chi connectivity index (χ0n) is 11.5. The van der Waals surface area contributed by atoms with Gasteiger partial charge in [0.15, 0.2) is 0 Å². The van der Waals surface area contributed by atoms with E-state index in [1.165, 1.54) is 4.57 Å². The molecule has 0 saturated heterocycles. The predicted octanol–water partition coefficient (Wildman–Crippen LogP) is 3.01. The summed E-state index contributed by atoms with van der Waals surface area (Å²) in [6.45, 7) is 1.99. The van der Waals surface area contributed by atoms with Crippen molar-refractivity contribution in [1.82, 2.24) is 4.57 Å². The van der Waals surface area contributed by atoms with Crippen LogP contribution in [0.5, 0.6) is 0 Å². The largest absolute Gasteiger partial charge is 0.325 e. The molecule has 2 aromatic carbocycles. The van der Waals surface area contributed by atoms with Crippen LogP contribution in [0.1, 0.15) is 5.56 Å². The van der Waals surface area contributed by atoms with Crippen molar-refractivity contribution in [2.75, 3.05) is 5.32 Å². The van der Waals surface area contributed by atoms with E-state index in [1.807, 2.05) is 55.5 Å². The third-order valence-corrected chi connectivity index (χ3v) is 4.14. The van der Waals surface area contributed by atoms with Crippen molar-refractivity contribution in [1.29, 1.82) is 0 Å². The Morgan fingerprint density at radius 3 is 2.81 bits per heavy atom. The highest BCUT2D eigenvalue weighted by Gasteiger charge is 2.11. The van der Waals surface area contributed by atoms with E-state index in [0.29, 0.717) is 0 Å². The van der Waals surface area contributed by atoms with Crippen molar-refractivity contribution in [3.05, 3.63) is 63.8 Å². The second kappa shape index (κ2) is 5.54. The van der Waals surface area contributed by atoms with Gasteiger partial charge in [0.05, 0.1) is 10.2 Å². The first-order valence-electron chi connectivity index (χ1n) is 6.58. The van der Waals surface area contributed by atoms with E-state index in [0.717, 1.165) is 32.8 Å². The molecule has 0 unspecified atom stereocenters.